The molecule has 1 amide bonds. The van der Waals surface area contributed by atoms with E-state index in [0.29, 0.717) is 13.2 Å². The molecule has 4 nitrogen and oxygen atoms in total. The maximum atomic E-state index is 12.2. The summed E-state index contributed by atoms with van der Waals surface area (Å²) < 4.78 is 5.38. The Morgan fingerprint density at radius 2 is 1.95 bits per heavy atom. The summed E-state index contributed by atoms with van der Waals surface area (Å²) in [6, 6.07) is 10.6. The summed E-state index contributed by atoms with van der Waals surface area (Å²) in [7, 11) is 2.16. The van der Waals surface area contributed by atoms with Crippen LogP contribution in [-0.2, 0) is 14.9 Å². The molecule has 1 aromatic rings. The average Bonchev–Trinajstić information content (AvgIpc) is 2.55. The third-order valence-corrected chi connectivity index (χ3v) is 4.72. The molecule has 0 radical (unpaired) electrons. The minimum absolute atomic E-state index is 0.0175. The predicted molar refractivity (Wildman–Crippen MR) is 88.9 cm³/mol. The van der Waals surface area contributed by atoms with Gasteiger partial charge < -0.3 is 15.0 Å². The van der Waals surface area contributed by atoms with Crippen LogP contribution in [0.1, 0.15) is 32.3 Å². The quantitative estimate of drug-likeness (QED) is 0.876. The Bertz CT molecular complexity index is 467. The zero-order valence-electron chi connectivity index (χ0n) is 14.0. The first-order valence-electron chi connectivity index (χ1n) is 8.21. The van der Waals surface area contributed by atoms with Gasteiger partial charge in [-0.1, -0.05) is 30.3 Å². The van der Waals surface area contributed by atoms with Crippen LogP contribution in [-0.4, -0.2) is 50.2 Å². The summed E-state index contributed by atoms with van der Waals surface area (Å²) in [5.74, 6) is -0.0175. The van der Waals surface area contributed by atoms with Crippen molar-refractivity contribution in [3.63, 3.8) is 0 Å². The highest BCUT2D eigenvalue weighted by molar-refractivity contribution is 5.80. The van der Waals surface area contributed by atoms with Gasteiger partial charge >= 0.3 is 0 Å². The predicted octanol–water partition coefficient (Wildman–Crippen LogP) is 2.19. The Balaban J connectivity index is 2.08. The molecule has 0 spiro atoms. The van der Waals surface area contributed by atoms with Gasteiger partial charge in [-0.25, -0.2) is 0 Å². The molecule has 1 aliphatic heterocycles. The summed E-state index contributed by atoms with van der Waals surface area (Å²) in [5, 5.41) is 3.11. The Labute approximate surface area is 133 Å². The molecule has 0 aliphatic carbocycles. The van der Waals surface area contributed by atoms with Gasteiger partial charge in [0.05, 0.1) is 0 Å². The second kappa shape index (κ2) is 7.75. The van der Waals surface area contributed by atoms with Crippen LogP contribution in [0.2, 0.25) is 0 Å². The highest BCUT2D eigenvalue weighted by atomic mass is 16.5. The monoisotopic (exact) mass is 304 g/mol. The number of carbonyl (C=O) groups excluding carboxylic acids is 1. The lowest BCUT2D eigenvalue weighted by Gasteiger charge is -2.41. The number of likely N-dealkylation sites (tertiary alicyclic amines) is 1. The number of nitrogens with zero attached hydrogens (tertiary/aromatic N) is 1. The highest BCUT2D eigenvalue weighted by Crippen LogP contribution is 2.34. The van der Waals surface area contributed by atoms with E-state index in [0.717, 1.165) is 25.9 Å². The number of rotatable bonds is 6. The van der Waals surface area contributed by atoms with Gasteiger partial charge in [-0.3, -0.25) is 4.79 Å². The molecule has 4 heteroatoms. The lowest BCUT2D eigenvalue weighted by molar-refractivity contribution is -0.131. The fourth-order valence-corrected chi connectivity index (χ4v) is 3.13. The Morgan fingerprint density at radius 1 is 1.32 bits per heavy atom. The summed E-state index contributed by atoms with van der Waals surface area (Å²) >= 11 is 0. The van der Waals surface area contributed by atoms with Crippen LogP contribution in [0.4, 0.5) is 0 Å². The molecule has 0 bridgehead atoms. The molecule has 1 heterocycles. The standard InChI is InChI=1S/C18H28N2O2/c1-4-22-15(2)17(21)19-14-18(10-12-20(3)13-11-18)16-8-6-5-7-9-16/h5-9,15H,4,10-14H2,1-3H3,(H,19,21). The molecule has 22 heavy (non-hydrogen) atoms. The van der Waals surface area contributed by atoms with Crippen molar-refractivity contribution in [2.75, 3.05) is 33.3 Å². The topological polar surface area (TPSA) is 41.6 Å². The number of nitrogens with one attached hydrogen (secondary N) is 1. The molecule has 1 unspecified atom stereocenters. The summed E-state index contributed by atoms with van der Waals surface area (Å²) in [6.45, 7) is 7.08. The number of piperidine rings is 1. The van der Waals surface area contributed by atoms with Crippen LogP contribution < -0.4 is 5.32 Å². The van der Waals surface area contributed by atoms with Crippen LogP contribution >= 0.6 is 0 Å². The van der Waals surface area contributed by atoms with Gasteiger partial charge in [-0.05, 0) is 52.4 Å². The van der Waals surface area contributed by atoms with Gasteiger partial charge in [0.1, 0.15) is 6.10 Å². The normalized spacial score (nSPS) is 19.6. The Kier molecular flexibility index (Phi) is 5.98. The van der Waals surface area contributed by atoms with Gasteiger partial charge in [0.2, 0.25) is 5.91 Å². The van der Waals surface area contributed by atoms with Crippen molar-refractivity contribution >= 4 is 5.91 Å². The number of ether oxygens (including phenoxy) is 1. The molecule has 0 aromatic heterocycles. The van der Waals surface area contributed by atoms with E-state index in [-0.39, 0.29) is 17.4 Å². The van der Waals surface area contributed by atoms with E-state index in [1.54, 1.807) is 0 Å². The lowest BCUT2D eigenvalue weighted by atomic mass is 9.72. The maximum absolute atomic E-state index is 12.2. The number of amides is 1. The van der Waals surface area contributed by atoms with Crippen molar-refractivity contribution < 1.29 is 9.53 Å². The lowest BCUT2D eigenvalue weighted by Crippen LogP contribution is -2.49. The molecule has 1 fully saturated rings. The van der Waals surface area contributed by atoms with E-state index in [1.807, 2.05) is 19.9 Å². The number of hydrogen-bond donors (Lipinski definition) is 1. The van der Waals surface area contributed by atoms with Crippen molar-refractivity contribution in [3.05, 3.63) is 35.9 Å². The molecular formula is C18H28N2O2. The average molecular weight is 304 g/mol. The molecule has 1 aromatic carbocycles. The summed E-state index contributed by atoms with van der Waals surface area (Å²) in [6.07, 6.45) is 1.75. The smallest absolute Gasteiger partial charge is 0.248 e. The van der Waals surface area contributed by atoms with Gasteiger partial charge in [0, 0.05) is 18.6 Å². The molecular weight excluding hydrogens is 276 g/mol. The number of hydrogen-bond acceptors (Lipinski definition) is 3. The van der Waals surface area contributed by atoms with Crippen molar-refractivity contribution in [2.45, 2.75) is 38.2 Å². The third kappa shape index (κ3) is 4.08. The largest absolute Gasteiger partial charge is 0.369 e. The molecule has 1 N–H and O–H groups in total. The van der Waals surface area contributed by atoms with Crippen LogP contribution in [0.5, 0.6) is 0 Å². The van der Waals surface area contributed by atoms with E-state index in [9.17, 15) is 4.79 Å². The van der Waals surface area contributed by atoms with E-state index in [2.05, 4.69) is 41.5 Å². The Morgan fingerprint density at radius 3 is 2.55 bits per heavy atom. The van der Waals surface area contributed by atoms with E-state index in [4.69, 9.17) is 4.74 Å². The fourth-order valence-electron chi connectivity index (χ4n) is 3.13. The van der Waals surface area contributed by atoms with Crippen molar-refractivity contribution in [3.8, 4) is 0 Å². The van der Waals surface area contributed by atoms with Gasteiger partial charge in [-0.15, -0.1) is 0 Å². The molecule has 0 saturated carbocycles. The second-order valence-corrected chi connectivity index (χ2v) is 6.27. The van der Waals surface area contributed by atoms with E-state index in [1.165, 1.54) is 5.56 Å². The highest BCUT2D eigenvalue weighted by Gasteiger charge is 2.35. The minimum atomic E-state index is -0.385. The zero-order valence-corrected chi connectivity index (χ0v) is 14.0. The van der Waals surface area contributed by atoms with Crippen LogP contribution in [0.3, 0.4) is 0 Å². The fraction of sp³-hybridized carbons (Fsp3) is 0.611. The molecule has 1 aliphatic rings. The first-order valence-corrected chi connectivity index (χ1v) is 8.21. The summed E-state index contributed by atoms with van der Waals surface area (Å²) in [5.41, 5.74) is 1.36. The molecule has 1 atom stereocenters. The summed E-state index contributed by atoms with van der Waals surface area (Å²) in [4.78, 5) is 14.5. The van der Waals surface area contributed by atoms with Gasteiger partial charge in [0.15, 0.2) is 0 Å². The second-order valence-electron chi connectivity index (χ2n) is 6.27. The van der Waals surface area contributed by atoms with Crippen LogP contribution in [0, 0.1) is 0 Å². The van der Waals surface area contributed by atoms with Crippen LogP contribution in [0.15, 0.2) is 30.3 Å². The van der Waals surface area contributed by atoms with Crippen molar-refractivity contribution in [1.82, 2.24) is 10.2 Å². The molecule has 1 saturated heterocycles. The zero-order chi connectivity index (χ0) is 16.0. The maximum Gasteiger partial charge on any atom is 0.248 e. The number of benzene rings is 1. The SMILES string of the molecule is CCOC(C)C(=O)NCC1(c2ccccc2)CCN(C)CC1. The van der Waals surface area contributed by atoms with Crippen LogP contribution in [0.25, 0.3) is 0 Å². The molecule has 2 rings (SSSR count). The first-order chi connectivity index (χ1) is 10.6. The molecule has 122 valence electrons. The van der Waals surface area contributed by atoms with Gasteiger partial charge in [0.25, 0.3) is 0 Å². The van der Waals surface area contributed by atoms with Gasteiger partial charge in [-0.2, -0.15) is 0 Å². The number of carbonyl (C=O) groups is 1. The first kappa shape index (κ1) is 17.0. The third-order valence-electron chi connectivity index (χ3n) is 4.72. The minimum Gasteiger partial charge on any atom is -0.369 e. The van der Waals surface area contributed by atoms with E-state index < -0.39 is 0 Å². The van der Waals surface area contributed by atoms with Crippen molar-refractivity contribution in [1.29, 1.82) is 0 Å². The van der Waals surface area contributed by atoms with Crippen molar-refractivity contribution in [2.24, 2.45) is 0 Å². The Hall–Kier alpha value is -1.39. The van der Waals surface area contributed by atoms with E-state index >= 15 is 0 Å².